The van der Waals surface area contributed by atoms with Gasteiger partial charge in [-0.2, -0.15) is 0 Å². The molecule has 0 atom stereocenters. The van der Waals surface area contributed by atoms with E-state index >= 15 is 0 Å². The van der Waals surface area contributed by atoms with Crippen LogP contribution < -0.4 is 21.7 Å². The van der Waals surface area contributed by atoms with Crippen LogP contribution in [0.3, 0.4) is 0 Å². The minimum absolute atomic E-state index is 0. The topological polar surface area (TPSA) is 123 Å². The molecule has 1 aliphatic rings. The Morgan fingerprint density at radius 1 is 1.26 bits per heavy atom. The van der Waals surface area contributed by atoms with E-state index in [1.54, 1.807) is 13.0 Å². The summed E-state index contributed by atoms with van der Waals surface area (Å²) in [6.07, 6.45) is 5.32. The molecule has 0 saturated heterocycles. The molecular weight excluding hydrogens is 458 g/mol. The molecule has 1 aromatic carbocycles. The lowest BCUT2D eigenvalue weighted by Gasteiger charge is -2.32. The van der Waals surface area contributed by atoms with Gasteiger partial charge in [-0.25, -0.2) is 15.0 Å². The second-order valence-corrected chi connectivity index (χ2v) is 10.5. The van der Waals surface area contributed by atoms with Gasteiger partial charge < -0.3 is 21.7 Å². The van der Waals surface area contributed by atoms with Crippen molar-refractivity contribution in [1.29, 1.82) is 0 Å². The Bertz CT molecular complexity index is 1160. The first-order valence-electron chi connectivity index (χ1n) is 11.7. The summed E-state index contributed by atoms with van der Waals surface area (Å²) >= 11 is 1.43. The van der Waals surface area contributed by atoms with E-state index in [4.69, 9.17) is 16.5 Å². The molecule has 192 valence electrons. The van der Waals surface area contributed by atoms with Gasteiger partial charge in [-0.1, -0.05) is 39.3 Å². The smallest absolute Gasteiger partial charge is 0.224 e. The number of aromatic nitrogens is 2. The van der Waals surface area contributed by atoms with E-state index in [0.717, 1.165) is 35.9 Å². The molecule has 0 spiro atoms. The van der Waals surface area contributed by atoms with Crippen molar-refractivity contribution < 1.29 is 9.07 Å². The molecule has 0 saturated carbocycles. The zero-order valence-corrected chi connectivity index (χ0v) is 21.9. The predicted octanol–water partition coefficient (Wildman–Crippen LogP) is 5.75. The molecule has 1 aliphatic heterocycles. The molecule has 2 aromatic rings. The van der Waals surface area contributed by atoms with E-state index in [2.05, 4.69) is 47.0 Å². The molecule has 0 bridgehead atoms. The van der Waals surface area contributed by atoms with E-state index in [-0.39, 0.29) is 21.4 Å². The van der Waals surface area contributed by atoms with Gasteiger partial charge in [0.05, 0.1) is 0 Å². The number of carbonyl (C=O) groups excluding carboxylic acids is 1. The van der Waals surface area contributed by atoms with E-state index in [9.17, 15) is 4.79 Å². The molecule has 3 rings (SSSR count). The minimum Gasteiger partial charge on any atom is -0.402 e. The molecule has 0 fully saturated rings. The van der Waals surface area contributed by atoms with Crippen molar-refractivity contribution >= 4 is 40.8 Å². The number of nitrogens with one attached hydrogen (secondary N) is 1. The van der Waals surface area contributed by atoms with Gasteiger partial charge in [-0.15, -0.1) is 0 Å². The standard InChI is InChI=1S/C26H35N7OS.3H2/c1-6-24(34)29-19-7-9-20(10-8-19)35-25-31-22(30-21(28)15-17(2)27)16-23(32-25)33-13-11-18(12-14-33)26(3,4)5;;;/h7-11,15-16H,6,12-14,27H2,1-5H3,(H,29,34)(H2,28,30,31,32);3*1H. The first kappa shape index (κ1) is 26.3. The van der Waals surface area contributed by atoms with Crippen LogP contribution in [-0.2, 0) is 4.79 Å². The van der Waals surface area contributed by atoms with Gasteiger partial charge >= 0.3 is 0 Å². The van der Waals surface area contributed by atoms with Crippen LogP contribution in [0.25, 0.3) is 0 Å². The average Bonchev–Trinajstić information content (AvgIpc) is 2.79. The largest absolute Gasteiger partial charge is 0.402 e. The molecule has 0 radical (unpaired) electrons. The van der Waals surface area contributed by atoms with Gasteiger partial charge in [0.25, 0.3) is 0 Å². The Morgan fingerprint density at radius 2 is 1.97 bits per heavy atom. The first-order chi connectivity index (χ1) is 16.5. The van der Waals surface area contributed by atoms with Crippen LogP contribution in [0.4, 0.5) is 17.3 Å². The monoisotopic (exact) mass is 499 g/mol. The van der Waals surface area contributed by atoms with Gasteiger partial charge in [0.2, 0.25) is 5.91 Å². The third-order valence-electron chi connectivity index (χ3n) is 5.46. The Labute approximate surface area is 216 Å². The van der Waals surface area contributed by atoms with Gasteiger partial charge in [0, 0.05) is 46.1 Å². The number of amidine groups is 1. The molecule has 9 heteroatoms. The maximum atomic E-state index is 11.6. The highest BCUT2D eigenvalue weighted by Gasteiger charge is 2.22. The molecule has 5 N–H and O–H groups in total. The number of benzene rings is 1. The quantitative estimate of drug-likeness (QED) is 0.192. The number of rotatable bonds is 7. The molecule has 0 unspecified atom stereocenters. The van der Waals surface area contributed by atoms with E-state index in [0.29, 0.717) is 23.1 Å². The molecular formula is C26H41N7OS. The zero-order valence-electron chi connectivity index (χ0n) is 21.1. The van der Waals surface area contributed by atoms with Gasteiger partial charge in [0.1, 0.15) is 11.7 Å². The molecule has 2 heterocycles. The molecule has 1 aromatic heterocycles. The van der Waals surface area contributed by atoms with Crippen LogP contribution in [0.15, 0.2) is 68.8 Å². The number of nitrogens with two attached hydrogens (primary N) is 2. The highest BCUT2D eigenvalue weighted by molar-refractivity contribution is 7.99. The second kappa shape index (κ2) is 11.4. The lowest BCUT2D eigenvalue weighted by atomic mass is 9.83. The fourth-order valence-electron chi connectivity index (χ4n) is 3.58. The third-order valence-corrected chi connectivity index (χ3v) is 6.34. The van der Waals surface area contributed by atoms with Crippen molar-refractivity contribution in [3.8, 4) is 0 Å². The Balaban J connectivity index is 0.00000456. The SMILES string of the molecule is CCC(=O)Nc1ccc(Sc2nc(N=C(N)C=C(C)N)cc(N3CC=C(C(C)(C)C)CC3)n2)cc1.[HH].[HH].[HH]. The molecule has 1 amide bonds. The van der Waals surface area contributed by atoms with Crippen molar-refractivity contribution in [1.82, 2.24) is 9.97 Å². The fraction of sp³-hybridized carbons (Fsp3) is 0.385. The van der Waals surface area contributed by atoms with Crippen LogP contribution >= 0.6 is 11.8 Å². The Hall–Kier alpha value is -3.33. The number of hydrogen-bond donors (Lipinski definition) is 3. The number of anilines is 2. The summed E-state index contributed by atoms with van der Waals surface area (Å²) in [6, 6.07) is 9.46. The second-order valence-electron chi connectivity index (χ2n) is 9.50. The number of allylic oxidation sites excluding steroid dienone is 1. The average molecular weight is 500 g/mol. The third kappa shape index (κ3) is 7.85. The van der Waals surface area contributed by atoms with Crippen LogP contribution in [-0.4, -0.2) is 34.8 Å². The van der Waals surface area contributed by atoms with Crippen molar-refractivity contribution in [2.75, 3.05) is 23.3 Å². The van der Waals surface area contributed by atoms with Crippen LogP contribution in [0.2, 0.25) is 0 Å². The summed E-state index contributed by atoms with van der Waals surface area (Å²) < 4.78 is 0. The van der Waals surface area contributed by atoms with Crippen molar-refractivity contribution in [2.24, 2.45) is 21.9 Å². The minimum atomic E-state index is -0.0199. The Morgan fingerprint density at radius 3 is 2.54 bits per heavy atom. The normalized spacial score (nSPS) is 15.1. The summed E-state index contributed by atoms with van der Waals surface area (Å²) in [5.41, 5.74) is 14.7. The van der Waals surface area contributed by atoms with Gasteiger partial charge in [-0.3, -0.25) is 4.79 Å². The number of aliphatic imine (C=N–C) groups is 1. The number of hydrogen-bond acceptors (Lipinski definition) is 7. The molecule has 8 nitrogen and oxygen atoms in total. The number of nitrogens with zero attached hydrogens (tertiary/aromatic N) is 4. The van der Waals surface area contributed by atoms with Crippen molar-refractivity contribution in [3.63, 3.8) is 0 Å². The van der Waals surface area contributed by atoms with Gasteiger partial charge in [-0.05, 0) is 60.9 Å². The maximum absolute atomic E-state index is 11.6. The molecule has 35 heavy (non-hydrogen) atoms. The van der Waals surface area contributed by atoms with Crippen LogP contribution in [0, 0.1) is 5.41 Å². The zero-order chi connectivity index (χ0) is 25.6. The fourth-order valence-corrected chi connectivity index (χ4v) is 4.34. The summed E-state index contributed by atoms with van der Waals surface area (Å²) in [7, 11) is 0. The van der Waals surface area contributed by atoms with Crippen LogP contribution in [0.1, 0.15) is 51.7 Å². The van der Waals surface area contributed by atoms with Crippen molar-refractivity contribution in [2.45, 2.75) is 57.5 Å². The predicted molar refractivity (Wildman–Crippen MR) is 151 cm³/mol. The highest BCUT2D eigenvalue weighted by Crippen LogP contribution is 2.33. The summed E-state index contributed by atoms with van der Waals surface area (Å²) in [6.45, 7) is 12.0. The highest BCUT2D eigenvalue weighted by atomic mass is 32.2. The summed E-state index contributed by atoms with van der Waals surface area (Å²) in [5.74, 6) is 1.55. The van der Waals surface area contributed by atoms with Crippen molar-refractivity contribution in [3.05, 3.63) is 53.8 Å². The summed E-state index contributed by atoms with van der Waals surface area (Å²) in [5, 5.41) is 3.42. The van der Waals surface area contributed by atoms with E-state index in [1.807, 2.05) is 37.3 Å². The number of carbonyl (C=O) groups is 1. The number of amides is 1. The van der Waals surface area contributed by atoms with Gasteiger partial charge in [0.15, 0.2) is 11.0 Å². The lowest BCUT2D eigenvalue weighted by molar-refractivity contribution is -0.115. The molecule has 0 aliphatic carbocycles. The summed E-state index contributed by atoms with van der Waals surface area (Å²) in [4.78, 5) is 28.7. The van der Waals surface area contributed by atoms with E-state index in [1.165, 1.54) is 17.3 Å². The lowest BCUT2D eigenvalue weighted by Crippen LogP contribution is -2.32. The van der Waals surface area contributed by atoms with Crippen LogP contribution in [0.5, 0.6) is 0 Å². The Kier molecular flexibility index (Phi) is 8.56. The maximum Gasteiger partial charge on any atom is 0.224 e. The van der Waals surface area contributed by atoms with E-state index < -0.39 is 0 Å². The first-order valence-corrected chi connectivity index (χ1v) is 12.5.